The van der Waals surface area contributed by atoms with Gasteiger partial charge in [-0.3, -0.25) is 14.3 Å². The van der Waals surface area contributed by atoms with Crippen molar-refractivity contribution in [2.45, 2.75) is 23.9 Å². The Morgan fingerprint density at radius 2 is 1.53 bits per heavy atom. The number of carbonyl (C=O) groups is 3. The highest BCUT2D eigenvalue weighted by molar-refractivity contribution is 7.92. The van der Waals surface area contributed by atoms with Crippen molar-refractivity contribution in [3.05, 3.63) is 84.4 Å². The van der Waals surface area contributed by atoms with Crippen LogP contribution in [0.5, 0.6) is 11.5 Å². The second kappa shape index (κ2) is 15.9. The maximum absolute atomic E-state index is 13.1. The van der Waals surface area contributed by atoms with E-state index in [1.807, 2.05) is 18.2 Å². The number of nitrogens with zero attached hydrogens (tertiary/aromatic N) is 1. The molecule has 1 heterocycles. The number of ether oxygens (including phenoxy) is 1. The summed E-state index contributed by atoms with van der Waals surface area (Å²) >= 11 is 0. The van der Waals surface area contributed by atoms with Crippen LogP contribution >= 0.6 is 0 Å². The zero-order chi connectivity index (χ0) is 33.0. The number of hydrogen-bond donors (Lipinski definition) is 4. The summed E-state index contributed by atoms with van der Waals surface area (Å²) < 4.78 is 66.2. The lowest BCUT2D eigenvalue weighted by molar-refractivity contribution is -0.192. The molecule has 0 saturated carbocycles. The van der Waals surface area contributed by atoms with Gasteiger partial charge in [-0.25, -0.2) is 13.2 Å². The number of amides is 2. The van der Waals surface area contributed by atoms with Crippen molar-refractivity contribution in [2.75, 3.05) is 37.9 Å². The van der Waals surface area contributed by atoms with Gasteiger partial charge in [-0.05, 0) is 80.4 Å². The Morgan fingerprint density at radius 3 is 2.13 bits per heavy atom. The van der Waals surface area contributed by atoms with Gasteiger partial charge in [-0.1, -0.05) is 30.3 Å². The predicted octanol–water partition coefficient (Wildman–Crippen LogP) is 4.10. The SMILES string of the molecule is CN(CC(=O)NCC1CCNCC1)C(=O)c1ccc(S(=O)(=O)Nc2ccccc2Oc2ccccc2)cc1.O=C(O)C(F)(F)F. The highest BCUT2D eigenvalue weighted by Gasteiger charge is 2.38. The minimum atomic E-state index is -5.08. The number of carboxylic acid groups (broad SMARTS) is 1. The average Bonchev–Trinajstić information content (AvgIpc) is 3.01. The van der Waals surface area contributed by atoms with Crippen molar-refractivity contribution in [3.8, 4) is 11.5 Å². The third-order valence-corrected chi connectivity index (χ3v) is 7.91. The first-order chi connectivity index (χ1) is 21.3. The highest BCUT2D eigenvalue weighted by Crippen LogP contribution is 2.31. The molecule has 2 amide bonds. The van der Waals surface area contributed by atoms with Crippen molar-refractivity contribution >= 4 is 33.5 Å². The topological polar surface area (TPSA) is 154 Å². The van der Waals surface area contributed by atoms with Crippen LogP contribution in [0.2, 0.25) is 0 Å². The zero-order valence-electron chi connectivity index (χ0n) is 24.2. The fourth-order valence-electron chi connectivity index (χ4n) is 4.14. The first kappa shape index (κ1) is 34.9. The van der Waals surface area contributed by atoms with Gasteiger partial charge in [0.2, 0.25) is 5.91 Å². The molecule has 0 atom stereocenters. The Bertz CT molecular complexity index is 1550. The molecule has 0 radical (unpaired) electrons. The van der Waals surface area contributed by atoms with Gasteiger partial charge in [0.25, 0.3) is 15.9 Å². The Balaban J connectivity index is 0.000000707. The van der Waals surface area contributed by atoms with E-state index in [1.54, 1.807) is 43.4 Å². The Hall–Kier alpha value is -4.63. The highest BCUT2D eigenvalue weighted by atomic mass is 32.2. The summed E-state index contributed by atoms with van der Waals surface area (Å²) in [5, 5.41) is 13.3. The smallest absolute Gasteiger partial charge is 0.475 e. The van der Waals surface area contributed by atoms with Gasteiger partial charge in [0, 0.05) is 19.2 Å². The summed E-state index contributed by atoms with van der Waals surface area (Å²) in [7, 11) is -2.41. The normalized spacial score (nSPS) is 13.5. The third kappa shape index (κ3) is 11.1. The van der Waals surface area contributed by atoms with Crippen LogP contribution in [-0.4, -0.2) is 75.6 Å². The van der Waals surface area contributed by atoms with E-state index in [1.165, 1.54) is 29.2 Å². The summed E-state index contributed by atoms with van der Waals surface area (Å²) in [6, 6.07) is 21.4. The van der Waals surface area contributed by atoms with Crippen molar-refractivity contribution in [1.82, 2.24) is 15.5 Å². The first-order valence-electron chi connectivity index (χ1n) is 13.7. The number of likely N-dealkylation sites (N-methyl/N-ethyl adjacent to an activating group) is 1. The summed E-state index contributed by atoms with van der Waals surface area (Å²) in [6.45, 7) is 2.42. The summed E-state index contributed by atoms with van der Waals surface area (Å²) in [6.07, 6.45) is -3.05. The number of carboxylic acids is 1. The van der Waals surface area contributed by atoms with E-state index in [4.69, 9.17) is 14.6 Å². The second-order valence-corrected chi connectivity index (χ2v) is 11.7. The van der Waals surface area contributed by atoms with Gasteiger partial charge in [-0.15, -0.1) is 0 Å². The molecule has 1 saturated heterocycles. The van der Waals surface area contributed by atoms with Gasteiger partial charge in [0.05, 0.1) is 17.1 Å². The van der Waals surface area contributed by atoms with Crippen LogP contribution in [0.3, 0.4) is 0 Å². The first-order valence-corrected chi connectivity index (χ1v) is 15.2. The van der Waals surface area contributed by atoms with E-state index in [9.17, 15) is 31.2 Å². The van der Waals surface area contributed by atoms with Crippen LogP contribution in [-0.2, 0) is 19.6 Å². The van der Waals surface area contributed by atoms with Crippen molar-refractivity contribution in [3.63, 3.8) is 0 Å². The monoisotopic (exact) mass is 650 g/mol. The fraction of sp³-hybridized carbons (Fsp3) is 0.300. The standard InChI is InChI=1S/C28H32N4O5S.C2HF3O2/c1-32(20-27(33)30-19-21-15-17-29-18-16-21)28(34)22-11-13-24(14-12-22)38(35,36)31-25-9-5-6-10-26(25)37-23-7-3-2-4-8-23;3-2(4,5)1(6)7/h2-14,21,29,31H,15-20H2,1H3,(H,30,33);(H,6,7). The molecule has 45 heavy (non-hydrogen) atoms. The Labute approximate surface area is 258 Å². The number of halogens is 3. The Kier molecular flexibility index (Phi) is 12.3. The molecule has 0 aliphatic carbocycles. The molecule has 4 rings (SSSR count). The molecule has 1 aliphatic heterocycles. The van der Waals surface area contributed by atoms with E-state index in [0.717, 1.165) is 25.9 Å². The second-order valence-electron chi connectivity index (χ2n) is 10.0. The average molecular weight is 651 g/mol. The van der Waals surface area contributed by atoms with Crippen LogP contribution in [0.4, 0.5) is 18.9 Å². The van der Waals surface area contributed by atoms with Crippen LogP contribution in [0.15, 0.2) is 83.8 Å². The van der Waals surface area contributed by atoms with Crippen molar-refractivity contribution in [2.24, 2.45) is 5.92 Å². The molecular weight excluding hydrogens is 617 g/mol. The summed E-state index contributed by atoms with van der Waals surface area (Å²) in [4.78, 5) is 35.3. The van der Waals surface area contributed by atoms with Gasteiger partial charge < -0.3 is 25.4 Å². The molecule has 242 valence electrons. The van der Waals surface area contributed by atoms with E-state index in [0.29, 0.717) is 24.0 Å². The van der Waals surface area contributed by atoms with E-state index >= 15 is 0 Å². The Morgan fingerprint density at radius 1 is 0.956 bits per heavy atom. The lowest BCUT2D eigenvalue weighted by Gasteiger charge is -2.23. The van der Waals surface area contributed by atoms with Crippen LogP contribution in [0.1, 0.15) is 23.2 Å². The number of hydrogen-bond acceptors (Lipinski definition) is 7. The quantitative estimate of drug-likeness (QED) is 0.256. The largest absolute Gasteiger partial charge is 0.490 e. The molecule has 0 spiro atoms. The number of para-hydroxylation sites is 3. The molecule has 15 heteroatoms. The summed E-state index contributed by atoms with van der Waals surface area (Å²) in [5.41, 5.74) is 0.567. The minimum Gasteiger partial charge on any atom is -0.475 e. The molecule has 0 aromatic heterocycles. The number of alkyl halides is 3. The van der Waals surface area contributed by atoms with E-state index in [2.05, 4.69) is 15.4 Å². The molecule has 3 aromatic carbocycles. The maximum Gasteiger partial charge on any atom is 0.490 e. The number of rotatable bonds is 10. The van der Waals surface area contributed by atoms with Crippen molar-refractivity contribution in [1.29, 1.82) is 0 Å². The number of carbonyl (C=O) groups excluding carboxylic acids is 2. The van der Waals surface area contributed by atoms with E-state index in [-0.39, 0.29) is 34.5 Å². The molecule has 0 bridgehead atoms. The lowest BCUT2D eigenvalue weighted by Crippen LogP contribution is -2.41. The van der Waals surface area contributed by atoms with E-state index < -0.39 is 22.2 Å². The third-order valence-electron chi connectivity index (χ3n) is 6.53. The summed E-state index contributed by atoms with van der Waals surface area (Å²) in [5.74, 6) is -1.98. The molecular formula is C30H33F3N4O7S. The molecule has 3 aromatic rings. The number of piperidine rings is 1. The number of anilines is 1. The van der Waals surface area contributed by atoms with Gasteiger partial charge >= 0.3 is 12.1 Å². The lowest BCUT2D eigenvalue weighted by atomic mass is 9.98. The molecule has 1 fully saturated rings. The molecule has 11 nitrogen and oxygen atoms in total. The van der Waals surface area contributed by atoms with Gasteiger partial charge in [0.15, 0.2) is 5.75 Å². The van der Waals surface area contributed by atoms with Gasteiger partial charge in [0.1, 0.15) is 5.75 Å². The van der Waals surface area contributed by atoms with Crippen molar-refractivity contribution < 1.29 is 45.8 Å². The molecule has 1 aliphatic rings. The molecule has 4 N–H and O–H groups in total. The van der Waals surface area contributed by atoms with Gasteiger partial charge in [-0.2, -0.15) is 13.2 Å². The zero-order valence-corrected chi connectivity index (χ0v) is 25.0. The number of benzene rings is 3. The number of aliphatic carboxylic acids is 1. The maximum atomic E-state index is 13.1. The fourth-order valence-corrected chi connectivity index (χ4v) is 5.21. The predicted molar refractivity (Wildman–Crippen MR) is 159 cm³/mol. The van der Waals surface area contributed by atoms with Crippen LogP contribution < -0.4 is 20.1 Å². The minimum absolute atomic E-state index is 0.00840. The van der Waals surface area contributed by atoms with Crippen LogP contribution in [0, 0.1) is 5.92 Å². The number of nitrogens with one attached hydrogen (secondary N) is 3. The molecule has 0 unspecified atom stereocenters. The number of sulfonamides is 1. The van der Waals surface area contributed by atoms with Crippen LogP contribution in [0.25, 0.3) is 0 Å².